The number of para-hydroxylation sites is 1. The van der Waals surface area contributed by atoms with Gasteiger partial charge in [-0.05, 0) is 43.9 Å². The maximum atomic E-state index is 12.6. The number of aryl methyl sites for hydroxylation is 3. The zero-order valence-electron chi connectivity index (χ0n) is 15.7. The summed E-state index contributed by atoms with van der Waals surface area (Å²) < 4.78 is 0. The molecule has 0 unspecified atom stereocenters. The molecule has 0 saturated heterocycles. The summed E-state index contributed by atoms with van der Waals surface area (Å²) >= 11 is 0. The van der Waals surface area contributed by atoms with Gasteiger partial charge in [-0.1, -0.05) is 48.5 Å². The highest BCUT2D eigenvalue weighted by Gasteiger charge is 2.11. The minimum Gasteiger partial charge on any atom is -0.370 e. The van der Waals surface area contributed by atoms with Crippen molar-refractivity contribution in [2.75, 3.05) is 17.2 Å². The SMILES string of the molecule is Cc1nc(NCCCc2ccccc2)cc(C(=O)Nc2ccccc2C)n1. The van der Waals surface area contributed by atoms with Crippen LogP contribution in [0.15, 0.2) is 60.7 Å². The maximum Gasteiger partial charge on any atom is 0.274 e. The third-order valence-corrected chi connectivity index (χ3v) is 4.26. The molecule has 0 aliphatic rings. The minimum absolute atomic E-state index is 0.234. The lowest BCUT2D eigenvalue weighted by Crippen LogP contribution is -2.16. The predicted octanol–water partition coefficient (Wildman–Crippen LogP) is 4.39. The minimum atomic E-state index is -0.234. The van der Waals surface area contributed by atoms with E-state index in [1.165, 1.54) is 5.56 Å². The molecule has 0 radical (unpaired) electrons. The number of nitrogens with one attached hydrogen (secondary N) is 2. The summed E-state index contributed by atoms with van der Waals surface area (Å²) in [6.45, 7) is 4.53. The number of rotatable bonds is 7. The van der Waals surface area contributed by atoms with E-state index in [0.29, 0.717) is 17.3 Å². The number of hydrogen-bond donors (Lipinski definition) is 2. The van der Waals surface area contributed by atoms with Crippen LogP contribution in [0.25, 0.3) is 0 Å². The molecule has 5 nitrogen and oxygen atoms in total. The average Bonchev–Trinajstić information content (AvgIpc) is 2.67. The van der Waals surface area contributed by atoms with Gasteiger partial charge in [0.05, 0.1) is 0 Å². The van der Waals surface area contributed by atoms with Crippen LogP contribution < -0.4 is 10.6 Å². The van der Waals surface area contributed by atoms with Gasteiger partial charge in [-0.25, -0.2) is 9.97 Å². The number of benzene rings is 2. The van der Waals surface area contributed by atoms with Crippen LogP contribution in [0, 0.1) is 13.8 Å². The second-order valence-corrected chi connectivity index (χ2v) is 6.47. The molecule has 0 aliphatic heterocycles. The topological polar surface area (TPSA) is 66.9 Å². The van der Waals surface area contributed by atoms with Crippen LogP contribution >= 0.6 is 0 Å². The molecule has 5 heteroatoms. The van der Waals surface area contributed by atoms with Crippen LogP contribution in [0.3, 0.4) is 0 Å². The van der Waals surface area contributed by atoms with Crippen LogP contribution in [0.4, 0.5) is 11.5 Å². The number of anilines is 2. The van der Waals surface area contributed by atoms with Crippen molar-refractivity contribution in [2.24, 2.45) is 0 Å². The fourth-order valence-corrected chi connectivity index (χ4v) is 2.83. The zero-order valence-corrected chi connectivity index (χ0v) is 15.7. The molecule has 3 aromatic rings. The first-order valence-corrected chi connectivity index (χ1v) is 9.12. The Morgan fingerprint density at radius 2 is 1.70 bits per heavy atom. The van der Waals surface area contributed by atoms with Crippen molar-refractivity contribution in [2.45, 2.75) is 26.7 Å². The Morgan fingerprint density at radius 3 is 2.48 bits per heavy atom. The van der Waals surface area contributed by atoms with E-state index in [4.69, 9.17) is 0 Å². The van der Waals surface area contributed by atoms with Crippen LogP contribution in [0.2, 0.25) is 0 Å². The monoisotopic (exact) mass is 360 g/mol. The summed E-state index contributed by atoms with van der Waals surface area (Å²) in [6.07, 6.45) is 1.98. The van der Waals surface area contributed by atoms with Crippen LogP contribution in [-0.4, -0.2) is 22.4 Å². The molecular formula is C22H24N4O. The molecule has 2 aromatic carbocycles. The molecule has 0 spiro atoms. The first-order valence-electron chi connectivity index (χ1n) is 9.12. The van der Waals surface area contributed by atoms with E-state index in [1.54, 1.807) is 13.0 Å². The Morgan fingerprint density at radius 1 is 0.963 bits per heavy atom. The normalized spacial score (nSPS) is 10.4. The van der Waals surface area contributed by atoms with Crippen LogP contribution in [0.1, 0.15) is 33.9 Å². The summed E-state index contributed by atoms with van der Waals surface area (Å²) in [6, 6.07) is 19.8. The third-order valence-electron chi connectivity index (χ3n) is 4.26. The zero-order chi connectivity index (χ0) is 19.1. The van der Waals surface area contributed by atoms with Crippen LogP contribution in [-0.2, 0) is 6.42 Å². The van der Waals surface area contributed by atoms with E-state index < -0.39 is 0 Å². The summed E-state index contributed by atoms with van der Waals surface area (Å²) in [5.74, 6) is 1.01. The largest absolute Gasteiger partial charge is 0.370 e. The second-order valence-electron chi connectivity index (χ2n) is 6.47. The Balaban J connectivity index is 1.60. The lowest BCUT2D eigenvalue weighted by atomic mass is 10.1. The Bertz CT molecular complexity index is 909. The molecule has 0 aliphatic carbocycles. The standard InChI is InChI=1S/C22H24N4O/c1-16-9-6-7-13-19(16)26-22(27)20-15-21(25-17(2)24-20)23-14-8-12-18-10-4-3-5-11-18/h3-7,9-11,13,15H,8,12,14H2,1-2H3,(H,26,27)(H,23,24,25). The highest BCUT2D eigenvalue weighted by Crippen LogP contribution is 2.15. The van der Waals surface area contributed by atoms with Crippen molar-refractivity contribution in [1.82, 2.24) is 9.97 Å². The molecular weight excluding hydrogens is 336 g/mol. The Kier molecular flexibility index (Phi) is 6.15. The van der Waals surface area contributed by atoms with E-state index in [1.807, 2.05) is 37.3 Å². The van der Waals surface area contributed by atoms with Gasteiger partial charge >= 0.3 is 0 Å². The van der Waals surface area contributed by atoms with Gasteiger partial charge in [-0.15, -0.1) is 0 Å². The molecule has 1 aromatic heterocycles. The van der Waals surface area contributed by atoms with Crippen molar-refractivity contribution in [3.63, 3.8) is 0 Å². The molecule has 138 valence electrons. The fourth-order valence-electron chi connectivity index (χ4n) is 2.83. The molecule has 3 rings (SSSR count). The number of nitrogens with zero attached hydrogens (tertiary/aromatic N) is 2. The van der Waals surface area contributed by atoms with Crippen molar-refractivity contribution in [3.8, 4) is 0 Å². The van der Waals surface area contributed by atoms with Crippen molar-refractivity contribution in [3.05, 3.63) is 83.3 Å². The van der Waals surface area contributed by atoms with E-state index in [9.17, 15) is 4.79 Å². The molecule has 2 N–H and O–H groups in total. The average molecular weight is 360 g/mol. The van der Waals surface area contributed by atoms with Crippen molar-refractivity contribution in [1.29, 1.82) is 0 Å². The smallest absolute Gasteiger partial charge is 0.274 e. The first-order chi connectivity index (χ1) is 13.1. The first kappa shape index (κ1) is 18.6. The number of carbonyl (C=O) groups excluding carboxylic acids is 1. The maximum absolute atomic E-state index is 12.6. The predicted molar refractivity (Wildman–Crippen MR) is 109 cm³/mol. The summed E-state index contributed by atoms with van der Waals surface area (Å²) in [4.78, 5) is 21.2. The number of carbonyl (C=O) groups is 1. The third kappa shape index (κ3) is 5.38. The van der Waals surface area contributed by atoms with Crippen LogP contribution in [0.5, 0.6) is 0 Å². The fraction of sp³-hybridized carbons (Fsp3) is 0.227. The van der Waals surface area contributed by atoms with E-state index >= 15 is 0 Å². The molecule has 0 fully saturated rings. The van der Waals surface area contributed by atoms with Gasteiger partial charge in [-0.2, -0.15) is 0 Å². The highest BCUT2D eigenvalue weighted by atomic mass is 16.1. The molecule has 1 amide bonds. The quantitative estimate of drug-likeness (QED) is 0.613. The second kappa shape index (κ2) is 8.94. The lowest BCUT2D eigenvalue weighted by molar-refractivity contribution is 0.102. The van der Waals surface area contributed by atoms with Gasteiger partial charge in [0.1, 0.15) is 17.3 Å². The summed E-state index contributed by atoms with van der Waals surface area (Å²) in [7, 11) is 0. The number of hydrogen-bond acceptors (Lipinski definition) is 4. The number of amides is 1. The van der Waals surface area contributed by atoms with Gasteiger partial charge in [0.25, 0.3) is 5.91 Å². The van der Waals surface area contributed by atoms with E-state index in [-0.39, 0.29) is 5.91 Å². The van der Waals surface area contributed by atoms with E-state index in [2.05, 4.69) is 44.9 Å². The van der Waals surface area contributed by atoms with Gasteiger partial charge in [-0.3, -0.25) is 4.79 Å². The van der Waals surface area contributed by atoms with Gasteiger partial charge < -0.3 is 10.6 Å². The summed E-state index contributed by atoms with van der Waals surface area (Å²) in [5.41, 5.74) is 3.47. The van der Waals surface area contributed by atoms with Gasteiger partial charge in [0, 0.05) is 18.3 Å². The van der Waals surface area contributed by atoms with Gasteiger partial charge in [0.15, 0.2) is 0 Å². The van der Waals surface area contributed by atoms with Gasteiger partial charge in [0.2, 0.25) is 0 Å². The molecule has 0 saturated carbocycles. The Labute approximate surface area is 159 Å². The molecule has 27 heavy (non-hydrogen) atoms. The summed E-state index contributed by atoms with van der Waals surface area (Å²) in [5, 5.41) is 6.21. The Hall–Kier alpha value is -3.21. The van der Waals surface area contributed by atoms with Crippen molar-refractivity contribution < 1.29 is 4.79 Å². The molecule has 0 bridgehead atoms. The molecule has 0 atom stereocenters. The molecule has 1 heterocycles. The number of aromatic nitrogens is 2. The van der Waals surface area contributed by atoms with Crippen molar-refractivity contribution >= 4 is 17.4 Å². The lowest BCUT2D eigenvalue weighted by Gasteiger charge is -2.10. The highest BCUT2D eigenvalue weighted by molar-refractivity contribution is 6.03. The van der Waals surface area contributed by atoms with E-state index in [0.717, 1.165) is 30.6 Å².